The average Bonchev–Trinajstić information content (AvgIpc) is 3.05. The van der Waals surface area contributed by atoms with Gasteiger partial charge in [-0.15, -0.1) is 0 Å². The zero-order valence-corrected chi connectivity index (χ0v) is 16.5. The lowest BCUT2D eigenvalue weighted by molar-refractivity contribution is -0.129. The number of hydrogen-bond acceptors (Lipinski definition) is 5. The van der Waals surface area contributed by atoms with Crippen molar-refractivity contribution in [1.29, 1.82) is 0 Å². The van der Waals surface area contributed by atoms with Crippen molar-refractivity contribution in [3.05, 3.63) is 70.9 Å². The molecule has 1 aliphatic rings. The molecule has 29 heavy (non-hydrogen) atoms. The van der Waals surface area contributed by atoms with Crippen LogP contribution in [-0.4, -0.2) is 37.7 Å². The molecular weight excluding hydrogens is 402 g/mol. The third-order valence-electron chi connectivity index (χ3n) is 4.32. The molecule has 0 spiro atoms. The number of ether oxygens (including phenoxy) is 1. The minimum absolute atomic E-state index is 0.0102. The van der Waals surface area contributed by atoms with Gasteiger partial charge in [-0.1, -0.05) is 13.8 Å². The minimum atomic E-state index is -3.61. The number of halogens is 2. The molecule has 0 fully saturated rings. The van der Waals surface area contributed by atoms with Crippen molar-refractivity contribution in [3.63, 3.8) is 0 Å². The Morgan fingerprint density at radius 1 is 1.07 bits per heavy atom. The molecule has 0 radical (unpaired) electrons. The van der Waals surface area contributed by atoms with Gasteiger partial charge in [-0.3, -0.25) is 0 Å². The van der Waals surface area contributed by atoms with Gasteiger partial charge in [0.1, 0.15) is 11.6 Å². The van der Waals surface area contributed by atoms with Crippen LogP contribution in [0.25, 0.3) is 6.08 Å². The van der Waals surface area contributed by atoms with E-state index in [0.717, 1.165) is 12.1 Å². The van der Waals surface area contributed by atoms with Crippen LogP contribution in [0, 0.1) is 11.6 Å². The molecule has 0 aliphatic carbocycles. The summed E-state index contributed by atoms with van der Waals surface area (Å²) in [5.74, 6) is -2.39. The second-order valence-electron chi connectivity index (χ2n) is 6.12. The van der Waals surface area contributed by atoms with E-state index in [9.17, 15) is 22.0 Å². The summed E-state index contributed by atoms with van der Waals surface area (Å²) in [6.45, 7) is 4.19. The summed E-state index contributed by atoms with van der Waals surface area (Å²) in [7, 11) is -3.61. The van der Waals surface area contributed by atoms with Crippen molar-refractivity contribution in [1.82, 2.24) is 4.31 Å². The molecule has 6 nitrogen and oxygen atoms in total. The highest BCUT2D eigenvalue weighted by Gasteiger charge is 2.26. The van der Waals surface area contributed by atoms with E-state index in [0.29, 0.717) is 24.7 Å². The van der Waals surface area contributed by atoms with Crippen LogP contribution in [0.5, 0.6) is 0 Å². The maximum Gasteiger partial charge on any atom is 0.363 e. The lowest BCUT2D eigenvalue weighted by atomic mass is 10.2. The molecule has 0 atom stereocenters. The van der Waals surface area contributed by atoms with E-state index in [-0.39, 0.29) is 22.1 Å². The fourth-order valence-corrected chi connectivity index (χ4v) is 4.24. The number of nitrogens with zero attached hydrogens (tertiary/aromatic N) is 2. The molecule has 152 valence electrons. The number of carbonyl (C=O) groups is 1. The molecule has 0 N–H and O–H groups in total. The summed E-state index contributed by atoms with van der Waals surface area (Å²) >= 11 is 0. The Morgan fingerprint density at radius 3 is 2.31 bits per heavy atom. The van der Waals surface area contributed by atoms with Crippen molar-refractivity contribution in [3.8, 4) is 0 Å². The van der Waals surface area contributed by atoms with E-state index < -0.39 is 27.6 Å². The first kappa shape index (κ1) is 20.8. The highest BCUT2D eigenvalue weighted by Crippen LogP contribution is 2.22. The molecule has 0 unspecified atom stereocenters. The van der Waals surface area contributed by atoms with E-state index in [1.165, 1.54) is 34.6 Å². The van der Waals surface area contributed by atoms with Crippen molar-refractivity contribution < 1.29 is 26.7 Å². The lowest BCUT2D eigenvalue weighted by Gasteiger charge is -2.18. The molecule has 1 heterocycles. The van der Waals surface area contributed by atoms with E-state index in [1.54, 1.807) is 13.8 Å². The van der Waals surface area contributed by atoms with E-state index in [1.807, 2.05) is 0 Å². The molecule has 2 aromatic carbocycles. The Hall–Kier alpha value is -2.91. The van der Waals surface area contributed by atoms with Gasteiger partial charge in [-0.25, -0.2) is 27.0 Å². The third kappa shape index (κ3) is 4.25. The predicted molar refractivity (Wildman–Crippen MR) is 104 cm³/mol. The van der Waals surface area contributed by atoms with E-state index in [2.05, 4.69) is 4.99 Å². The van der Waals surface area contributed by atoms with Crippen molar-refractivity contribution in [2.45, 2.75) is 18.7 Å². The first-order valence-corrected chi connectivity index (χ1v) is 10.3. The Morgan fingerprint density at radius 2 is 1.72 bits per heavy atom. The molecule has 0 saturated heterocycles. The second-order valence-corrected chi connectivity index (χ2v) is 8.05. The molecule has 0 aromatic heterocycles. The summed E-state index contributed by atoms with van der Waals surface area (Å²) in [5.41, 5.74) is 0.231. The van der Waals surface area contributed by atoms with Crippen LogP contribution in [-0.2, 0) is 19.6 Å². The number of carbonyl (C=O) groups excluding carboxylic acids is 1. The quantitative estimate of drug-likeness (QED) is 0.531. The summed E-state index contributed by atoms with van der Waals surface area (Å²) < 4.78 is 58.3. The predicted octanol–water partition coefficient (Wildman–Crippen LogP) is 3.34. The maximum absolute atomic E-state index is 13.8. The van der Waals surface area contributed by atoms with Crippen molar-refractivity contribution in [2.75, 3.05) is 13.1 Å². The van der Waals surface area contributed by atoms with Crippen LogP contribution in [0.2, 0.25) is 0 Å². The molecule has 9 heteroatoms. The number of rotatable bonds is 6. The number of hydrogen-bond donors (Lipinski definition) is 0. The first-order chi connectivity index (χ1) is 13.8. The number of aliphatic imine (C=N–C) groups is 1. The normalized spacial score (nSPS) is 15.7. The monoisotopic (exact) mass is 420 g/mol. The summed E-state index contributed by atoms with van der Waals surface area (Å²) in [6.07, 6.45) is 1.16. The van der Waals surface area contributed by atoms with Crippen molar-refractivity contribution in [2.24, 2.45) is 4.99 Å². The van der Waals surface area contributed by atoms with Gasteiger partial charge in [0.15, 0.2) is 5.70 Å². The van der Waals surface area contributed by atoms with Crippen LogP contribution in [0.15, 0.2) is 58.0 Å². The van der Waals surface area contributed by atoms with Crippen LogP contribution in [0.4, 0.5) is 8.78 Å². The fraction of sp³-hybridized carbons (Fsp3) is 0.200. The minimum Gasteiger partial charge on any atom is -0.402 e. The van der Waals surface area contributed by atoms with Crippen LogP contribution < -0.4 is 0 Å². The second kappa shape index (κ2) is 8.22. The fourth-order valence-electron chi connectivity index (χ4n) is 2.78. The van der Waals surface area contributed by atoms with Gasteiger partial charge in [0, 0.05) is 30.3 Å². The van der Waals surface area contributed by atoms with Gasteiger partial charge in [0.05, 0.1) is 4.90 Å². The van der Waals surface area contributed by atoms with Gasteiger partial charge in [-0.2, -0.15) is 4.31 Å². The number of cyclic esters (lactones) is 1. The Labute approximate surface area is 167 Å². The number of benzene rings is 2. The summed E-state index contributed by atoms with van der Waals surface area (Å²) in [4.78, 5) is 16.2. The Balaban J connectivity index is 1.89. The maximum atomic E-state index is 13.8. The average molecular weight is 420 g/mol. The number of esters is 1. The Bertz CT molecular complexity index is 1110. The molecule has 0 saturated carbocycles. The van der Waals surface area contributed by atoms with Gasteiger partial charge >= 0.3 is 5.97 Å². The third-order valence-corrected chi connectivity index (χ3v) is 6.38. The smallest absolute Gasteiger partial charge is 0.363 e. The lowest BCUT2D eigenvalue weighted by Crippen LogP contribution is -2.30. The SMILES string of the molecule is CCN(CC)S(=O)(=O)c1ccc(C2=N/C(=C\c3ccc(F)cc3F)C(=O)O2)cc1. The van der Waals surface area contributed by atoms with Crippen LogP contribution >= 0.6 is 0 Å². The largest absolute Gasteiger partial charge is 0.402 e. The molecule has 0 amide bonds. The molecular formula is C20H18F2N2O4S. The van der Waals surface area contributed by atoms with Gasteiger partial charge in [0.2, 0.25) is 15.9 Å². The molecule has 1 aliphatic heterocycles. The van der Waals surface area contributed by atoms with Gasteiger partial charge < -0.3 is 4.74 Å². The first-order valence-electron chi connectivity index (χ1n) is 8.84. The van der Waals surface area contributed by atoms with Crippen molar-refractivity contribution >= 4 is 28.0 Å². The standard InChI is InChI=1S/C20H18F2N2O4S/c1-3-24(4-2)29(26,27)16-9-6-13(7-10-16)19-23-18(20(25)28-19)11-14-5-8-15(21)12-17(14)22/h5-12H,3-4H2,1-2H3/b18-11-. The van der Waals surface area contributed by atoms with Gasteiger partial charge in [0.25, 0.3) is 0 Å². The van der Waals surface area contributed by atoms with E-state index >= 15 is 0 Å². The number of sulfonamides is 1. The zero-order chi connectivity index (χ0) is 21.2. The zero-order valence-electron chi connectivity index (χ0n) is 15.7. The van der Waals surface area contributed by atoms with Gasteiger partial charge in [-0.05, 0) is 42.5 Å². The van der Waals surface area contributed by atoms with E-state index in [4.69, 9.17) is 4.74 Å². The Kier molecular flexibility index (Phi) is 5.90. The summed E-state index contributed by atoms with van der Waals surface area (Å²) in [5, 5.41) is 0. The molecule has 0 bridgehead atoms. The molecule has 3 rings (SSSR count). The highest BCUT2D eigenvalue weighted by atomic mass is 32.2. The molecule has 2 aromatic rings. The topological polar surface area (TPSA) is 76.0 Å². The van der Waals surface area contributed by atoms with Crippen LogP contribution in [0.3, 0.4) is 0 Å². The highest BCUT2D eigenvalue weighted by molar-refractivity contribution is 7.89. The summed E-state index contributed by atoms with van der Waals surface area (Å²) in [6, 6.07) is 8.71. The van der Waals surface area contributed by atoms with Crippen LogP contribution in [0.1, 0.15) is 25.0 Å².